The molecule has 1 nitrogen and oxygen atoms in total. The molecule has 0 amide bonds. The summed E-state index contributed by atoms with van der Waals surface area (Å²) in [6.07, 6.45) is 0. The van der Waals surface area contributed by atoms with Crippen molar-refractivity contribution in [3.8, 4) is 5.75 Å². The van der Waals surface area contributed by atoms with Crippen LogP contribution in [0.15, 0.2) is 48.5 Å². The minimum Gasteiger partial charge on any atom is -0.489 e. The fourth-order valence-electron chi connectivity index (χ4n) is 1.63. The van der Waals surface area contributed by atoms with Gasteiger partial charge in [-0.25, -0.2) is 0 Å². The second-order valence-electron chi connectivity index (χ2n) is 4.40. The standard InChI is InChI=1S/C16H17O/c1-13(2)15-8-10-16(11-9-15)17-12-14-6-4-3-5-7-14/h3-6,8-11,13H,12H2,1-2H3. The van der Waals surface area contributed by atoms with Crippen molar-refractivity contribution in [1.82, 2.24) is 0 Å². The lowest BCUT2D eigenvalue weighted by molar-refractivity contribution is 0.306. The SMILES string of the molecule is CC(C)c1ccc(OCc2[c]cccc2)cc1. The second-order valence-corrected chi connectivity index (χ2v) is 4.40. The van der Waals surface area contributed by atoms with E-state index in [-0.39, 0.29) is 0 Å². The molecular formula is C16H17O. The van der Waals surface area contributed by atoms with Crippen molar-refractivity contribution in [3.63, 3.8) is 0 Å². The number of hydrogen-bond donors (Lipinski definition) is 0. The zero-order chi connectivity index (χ0) is 12.1. The summed E-state index contributed by atoms with van der Waals surface area (Å²) in [4.78, 5) is 0. The Morgan fingerprint density at radius 3 is 2.41 bits per heavy atom. The van der Waals surface area contributed by atoms with Crippen LogP contribution in [0.3, 0.4) is 0 Å². The van der Waals surface area contributed by atoms with E-state index in [1.807, 2.05) is 36.4 Å². The summed E-state index contributed by atoms with van der Waals surface area (Å²) >= 11 is 0. The zero-order valence-electron chi connectivity index (χ0n) is 10.3. The van der Waals surface area contributed by atoms with Crippen LogP contribution in [0.5, 0.6) is 5.75 Å². The fourth-order valence-corrected chi connectivity index (χ4v) is 1.63. The van der Waals surface area contributed by atoms with Gasteiger partial charge in [-0.3, -0.25) is 0 Å². The molecule has 0 saturated carbocycles. The molecule has 0 N–H and O–H groups in total. The lowest BCUT2D eigenvalue weighted by Crippen LogP contribution is -1.95. The summed E-state index contributed by atoms with van der Waals surface area (Å²) in [5, 5.41) is 0. The molecule has 17 heavy (non-hydrogen) atoms. The summed E-state index contributed by atoms with van der Waals surface area (Å²) in [7, 11) is 0. The topological polar surface area (TPSA) is 9.23 Å². The number of ether oxygens (including phenoxy) is 1. The highest BCUT2D eigenvalue weighted by molar-refractivity contribution is 5.29. The first-order valence-electron chi connectivity index (χ1n) is 5.94. The molecule has 1 heteroatoms. The number of hydrogen-bond acceptors (Lipinski definition) is 1. The first kappa shape index (κ1) is 11.7. The van der Waals surface area contributed by atoms with E-state index in [2.05, 4.69) is 32.0 Å². The minimum atomic E-state index is 0.562. The van der Waals surface area contributed by atoms with Gasteiger partial charge < -0.3 is 4.74 Å². The Morgan fingerprint density at radius 1 is 1.06 bits per heavy atom. The predicted molar refractivity (Wildman–Crippen MR) is 70.1 cm³/mol. The first-order valence-corrected chi connectivity index (χ1v) is 5.94. The molecule has 2 aromatic rings. The molecule has 0 bridgehead atoms. The lowest BCUT2D eigenvalue weighted by atomic mass is 10.0. The van der Waals surface area contributed by atoms with E-state index in [9.17, 15) is 0 Å². The quantitative estimate of drug-likeness (QED) is 0.758. The molecule has 0 aliphatic rings. The molecule has 0 heterocycles. The van der Waals surface area contributed by atoms with Crippen molar-refractivity contribution in [2.24, 2.45) is 0 Å². The molecule has 2 aromatic carbocycles. The van der Waals surface area contributed by atoms with Gasteiger partial charge in [0.15, 0.2) is 0 Å². The molecule has 0 aliphatic carbocycles. The maximum absolute atomic E-state index is 5.70. The second kappa shape index (κ2) is 5.53. The van der Waals surface area contributed by atoms with E-state index in [1.165, 1.54) is 5.56 Å². The van der Waals surface area contributed by atoms with Crippen LogP contribution < -0.4 is 4.74 Å². The fraction of sp³-hybridized carbons (Fsp3) is 0.250. The van der Waals surface area contributed by atoms with Crippen molar-refractivity contribution in [3.05, 3.63) is 65.7 Å². The van der Waals surface area contributed by atoms with Crippen molar-refractivity contribution in [2.45, 2.75) is 26.4 Å². The predicted octanol–water partition coefficient (Wildman–Crippen LogP) is 4.19. The third kappa shape index (κ3) is 3.35. The van der Waals surface area contributed by atoms with Crippen LogP contribution in [0.1, 0.15) is 30.9 Å². The number of rotatable bonds is 4. The first-order chi connectivity index (χ1) is 8.25. The highest BCUT2D eigenvalue weighted by Gasteiger charge is 1.99. The molecule has 2 rings (SSSR count). The molecule has 0 fully saturated rings. The average molecular weight is 225 g/mol. The highest BCUT2D eigenvalue weighted by atomic mass is 16.5. The monoisotopic (exact) mass is 225 g/mol. The Kier molecular flexibility index (Phi) is 3.81. The van der Waals surface area contributed by atoms with Crippen LogP contribution >= 0.6 is 0 Å². The van der Waals surface area contributed by atoms with Gasteiger partial charge in [0, 0.05) is 0 Å². The maximum Gasteiger partial charge on any atom is 0.119 e. The summed E-state index contributed by atoms with van der Waals surface area (Å²) in [6, 6.07) is 19.3. The lowest BCUT2D eigenvalue weighted by Gasteiger charge is -2.08. The van der Waals surface area contributed by atoms with Gasteiger partial charge in [0.1, 0.15) is 12.4 Å². The van der Waals surface area contributed by atoms with Crippen molar-refractivity contribution in [2.75, 3.05) is 0 Å². The minimum absolute atomic E-state index is 0.562. The molecule has 87 valence electrons. The highest BCUT2D eigenvalue weighted by Crippen LogP contribution is 2.19. The van der Waals surface area contributed by atoms with Crippen LogP contribution in [0, 0.1) is 6.07 Å². The van der Waals surface area contributed by atoms with Gasteiger partial charge in [-0.1, -0.05) is 50.2 Å². The van der Waals surface area contributed by atoms with Gasteiger partial charge in [0.05, 0.1) is 0 Å². The molecule has 1 radical (unpaired) electrons. The number of benzene rings is 2. The Balaban J connectivity index is 1.96. The third-order valence-electron chi connectivity index (χ3n) is 2.71. The Bertz CT molecular complexity index is 443. The normalized spacial score (nSPS) is 10.5. The van der Waals surface area contributed by atoms with Gasteiger partial charge in [-0.05, 0) is 35.2 Å². The Morgan fingerprint density at radius 2 is 1.82 bits per heavy atom. The molecular weight excluding hydrogens is 208 g/mol. The average Bonchev–Trinajstić information content (AvgIpc) is 2.38. The molecule has 0 aromatic heterocycles. The molecule has 0 saturated heterocycles. The van der Waals surface area contributed by atoms with Gasteiger partial charge >= 0.3 is 0 Å². The van der Waals surface area contributed by atoms with Crippen LogP contribution in [0.4, 0.5) is 0 Å². The van der Waals surface area contributed by atoms with Crippen LogP contribution in [0.2, 0.25) is 0 Å². The van der Waals surface area contributed by atoms with E-state index in [1.54, 1.807) is 0 Å². The van der Waals surface area contributed by atoms with Crippen molar-refractivity contribution >= 4 is 0 Å². The summed E-state index contributed by atoms with van der Waals surface area (Å²) in [5.74, 6) is 1.47. The summed E-state index contributed by atoms with van der Waals surface area (Å²) < 4.78 is 5.70. The van der Waals surface area contributed by atoms with Gasteiger partial charge in [0.25, 0.3) is 0 Å². The van der Waals surface area contributed by atoms with Crippen LogP contribution in [-0.4, -0.2) is 0 Å². The van der Waals surface area contributed by atoms with E-state index >= 15 is 0 Å². The Labute approximate surface area is 103 Å². The zero-order valence-corrected chi connectivity index (χ0v) is 10.3. The third-order valence-corrected chi connectivity index (χ3v) is 2.71. The molecule has 0 aliphatic heterocycles. The van der Waals surface area contributed by atoms with Crippen molar-refractivity contribution < 1.29 is 4.74 Å². The smallest absolute Gasteiger partial charge is 0.119 e. The van der Waals surface area contributed by atoms with Crippen LogP contribution in [-0.2, 0) is 6.61 Å². The van der Waals surface area contributed by atoms with Crippen molar-refractivity contribution in [1.29, 1.82) is 0 Å². The summed E-state index contributed by atoms with van der Waals surface area (Å²) in [6.45, 7) is 4.95. The summed E-state index contributed by atoms with van der Waals surface area (Å²) in [5.41, 5.74) is 2.41. The maximum atomic E-state index is 5.70. The van der Waals surface area contributed by atoms with Gasteiger partial charge in [-0.2, -0.15) is 0 Å². The molecule has 0 unspecified atom stereocenters. The van der Waals surface area contributed by atoms with Crippen LogP contribution in [0.25, 0.3) is 0 Å². The van der Waals surface area contributed by atoms with E-state index in [4.69, 9.17) is 4.74 Å². The van der Waals surface area contributed by atoms with Gasteiger partial charge in [-0.15, -0.1) is 0 Å². The largest absolute Gasteiger partial charge is 0.489 e. The Hall–Kier alpha value is -1.76. The molecule has 0 spiro atoms. The molecule has 0 atom stereocenters. The van der Waals surface area contributed by atoms with E-state index in [0.717, 1.165) is 11.3 Å². The van der Waals surface area contributed by atoms with Gasteiger partial charge in [0.2, 0.25) is 0 Å². The van der Waals surface area contributed by atoms with E-state index < -0.39 is 0 Å². The van der Waals surface area contributed by atoms with E-state index in [0.29, 0.717) is 12.5 Å².